The fraction of sp³-hybridized carbons (Fsp3) is 0.846. The third-order valence-corrected chi connectivity index (χ3v) is 4.44. The lowest BCUT2D eigenvalue weighted by atomic mass is 9.87. The van der Waals surface area contributed by atoms with Crippen molar-refractivity contribution in [2.24, 2.45) is 5.92 Å². The predicted molar refractivity (Wildman–Crippen MR) is 66.6 cm³/mol. The van der Waals surface area contributed by atoms with E-state index in [1.807, 2.05) is 11.8 Å². The van der Waals surface area contributed by atoms with E-state index >= 15 is 0 Å². The van der Waals surface area contributed by atoms with Gasteiger partial charge in [0.05, 0.1) is 5.25 Å². The first-order valence-corrected chi connectivity index (χ1v) is 7.01. The third-order valence-electron chi connectivity index (χ3n) is 3.04. The van der Waals surface area contributed by atoms with Gasteiger partial charge >= 0.3 is 0 Å². The Hall–Kier alpha value is -0.0900. The third kappa shape index (κ3) is 3.96. The smallest absolute Gasteiger partial charge is 0.0682 e. The molecule has 1 rings (SSSR count). The highest BCUT2D eigenvalue weighted by Crippen LogP contribution is 2.32. The van der Waals surface area contributed by atoms with Gasteiger partial charge in [-0.2, -0.15) is 0 Å². The van der Waals surface area contributed by atoms with Crippen LogP contribution in [0.4, 0.5) is 0 Å². The van der Waals surface area contributed by atoms with Crippen molar-refractivity contribution in [3.8, 4) is 12.3 Å². The largest absolute Gasteiger partial charge is 0.145 e. The number of terminal acetylenes is 1. The molecule has 0 N–H and O–H groups in total. The molecule has 0 spiro atoms. The maximum atomic E-state index is 5.62. The Bertz CT molecular complexity index is 174. The summed E-state index contributed by atoms with van der Waals surface area (Å²) < 4.78 is 0. The van der Waals surface area contributed by atoms with Gasteiger partial charge in [0.1, 0.15) is 0 Å². The van der Waals surface area contributed by atoms with Crippen LogP contribution in [-0.2, 0) is 0 Å². The molecule has 1 saturated carbocycles. The second-order valence-corrected chi connectivity index (χ2v) is 5.46. The first kappa shape index (κ1) is 12.0. The molecule has 80 valence electrons. The topological polar surface area (TPSA) is 0 Å². The molecule has 0 saturated heterocycles. The zero-order valence-corrected chi connectivity index (χ0v) is 10.1. The molecule has 0 radical (unpaired) electrons. The van der Waals surface area contributed by atoms with E-state index in [4.69, 9.17) is 6.42 Å². The van der Waals surface area contributed by atoms with Crippen LogP contribution in [0, 0.1) is 18.3 Å². The number of hydrogen-bond donors (Lipinski definition) is 0. The molecule has 0 nitrogen and oxygen atoms in total. The van der Waals surface area contributed by atoms with Crippen molar-refractivity contribution in [1.82, 2.24) is 0 Å². The SMILES string of the molecule is C#CC(SCCCC)C1CCCCC1. The molecule has 0 aliphatic heterocycles. The highest BCUT2D eigenvalue weighted by atomic mass is 32.2. The molecule has 0 aromatic rings. The summed E-state index contributed by atoms with van der Waals surface area (Å²) in [5, 5.41) is 0.502. The molecule has 1 atom stereocenters. The summed E-state index contributed by atoms with van der Waals surface area (Å²) >= 11 is 2.02. The van der Waals surface area contributed by atoms with Crippen molar-refractivity contribution in [3.05, 3.63) is 0 Å². The zero-order valence-electron chi connectivity index (χ0n) is 9.30. The number of thioether (sulfide) groups is 1. The summed E-state index contributed by atoms with van der Waals surface area (Å²) in [6.45, 7) is 2.24. The van der Waals surface area contributed by atoms with Crippen LogP contribution in [0.15, 0.2) is 0 Å². The van der Waals surface area contributed by atoms with Crippen LogP contribution in [-0.4, -0.2) is 11.0 Å². The average molecular weight is 210 g/mol. The Labute approximate surface area is 93.2 Å². The van der Waals surface area contributed by atoms with Crippen LogP contribution in [0.2, 0.25) is 0 Å². The molecule has 1 fully saturated rings. The normalized spacial score (nSPS) is 20.3. The molecule has 0 aromatic carbocycles. The lowest BCUT2D eigenvalue weighted by Gasteiger charge is -2.26. The van der Waals surface area contributed by atoms with Crippen molar-refractivity contribution < 1.29 is 0 Å². The molecule has 0 amide bonds. The Morgan fingerprint density at radius 2 is 2.07 bits per heavy atom. The summed E-state index contributed by atoms with van der Waals surface area (Å²) in [6, 6.07) is 0. The standard InChI is InChI=1S/C13H22S/c1-3-5-11-14-13(4-2)12-9-7-6-8-10-12/h2,12-13H,3,5-11H2,1H3. The van der Waals surface area contributed by atoms with E-state index in [1.165, 1.54) is 50.7 Å². The van der Waals surface area contributed by atoms with E-state index in [0.717, 1.165) is 5.92 Å². The molecule has 0 bridgehead atoms. The van der Waals surface area contributed by atoms with E-state index in [1.54, 1.807) is 0 Å². The van der Waals surface area contributed by atoms with Gasteiger partial charge in [-0.25, -0.2) is 0 Å². The van der Waals surface area contributed by atoms with Crippen molar-refractivity contribution in [3.63, 3.8) is 0 Å². The molecular weight excluding hydrogens is 188 g/mol. The number of hydrogen-bond acceptors (Lipinski definition) is 1. The second kappa shape index (κ2) is 7.23. The molecule has 1 unspecified atom stereocenters. The number of rotatable bonds is 5. The minimum absolute atomic E-state index is 0.502. The van der Waals surface area contributed by atoms with Crippen molar-refractivity contribution in [1.29, 1.82) is 0 Å². The van der Waals surface area contributed by atoms with Gasteiger partial charge in [0.15, 0.2) is 0 Å². The first-order chi connectivity index (χ1) is 6.88. The molecular formula is C13H22S. The minimum Gasteiger partial charge on any atom is -0.145 e. The maximum absolute atomic E-state index is 5.62. The van der Waals surface area contributed by atoms with Crippen LogP contribution in [0.25, 0.3) is 0 Å². The minimum atomic E-state index is 0.502. The predicted octanol–water partition coefficient (Wildman–Crippen LogP) is 4.10. The van der Waals surface area contributed by atoms with Gasteiger partial charge in [0, 0.05) is 0 Å². The molecule has 14 heavy (non-hydrogen) atoms. The van der Waals surface area contributed by atoms with Crippen LogP contribution in [0.3, 0.4) is 0 Å². The highest BCUT2D eigenvalue weighted by molar-refractivity contribution is 8.00. The van der Waals surface area contributed by atoms with E-state index in [0.29, 0.717) is 5.25 Å². The average Bonchev–Trinajstić information content (AvgIpc) is 2.26. The van der Waals surface area contributed by atoms with E-state index in [-0.39, 0.29) is 0 Å². The van der Waals surface area contributed by atoms with Crippen LogP contribution >= 0.6 is 11.8 Å². The van der Waals surface area contributed by atoms with Gasteiger partial charge in [-0.15, -0.1) is 18.2 Å². The van der Waals surface area contributed by atoms with Gasteiger partial charge < -0.3 is 0 Å². The van der Waals surface area contributed by atoms with Crippen LogP contribution in [0.1, 0.15) is 51.9 Å². The van der Waals surface area contributed by atoms with Gasteiger partial charge in [0.2, 0.25) is 0 Å². The molecule has 0 heterocycles. The van der Waals surface area contributed by atoms with Crippen molar-refractivity contribution in [2.75, 3.05) is 5.75 Å². The summed E-state index contributed by atoms with van der Waals surface area (Å²) in [5.74, 6) is 5.06. The van der Waals surface area contributed by atoms with Crippen LogP contribution < -0.4 is 0 Å². The number of unbranched alkanes of at least 4 members (excludes halogenated alkanes) is 1. The van der Waals surface area contributed by atoms with Crippen molar-refractivity contribution >= 4 is 11.8 Å². The summed E-state index contributed by atoms with van der Waals surface area (Å²) in [4.78, 5) is 0. The van der Waals surface area contributed by atoms with Gasteiger partial charge in [-0.1, -0.05) is 38.5 Å². The lowest BCUT2D eigenvalue weighted by Crippen LogP contribution is -2.19. The van der Waals surface area contributed by atoms with Crippen LogP contribution in [0.5, 0.6) is 0 Å². The summed E-state index contributed by atoms with van der Waals surface area (Å²) in [6.07, 6.45) is 15.2. The molecule has 1 aliphatic rings. The monoisotopic (exact) mass is 210 g/mol. The molecule has 0 aromatic heterocycles. The maximum Gasteiger partial charge on any atom is 0.0682 e. The first-order valence-electron chi connectivity index (χ1n) is 5.96. The Morgan fingerprint density at radius 3 is 2.64 bits per heavy atom. The fourth-order valence-electron chi connectivity index (χ4n) is 2.11. The van der Waals surface area contributed by atoms with Gasteiger partial charge in [-0.05, 0) is 30.9 Å². The lowest BCUT2D eigenvalue weighted by molar-refractivity contribution is 0.371. The molecule has 1 heteroatoms. The van der Waals surface area contributed by atoms with E-state index in [2.05, 4.69) is 12.8 Å². The Balaban J connectivity index is 2.25. The Morgan fingerprint density at radius 1 is 1.36 bits per heavy atom. The molecule has 1 aliphatic carbocycles. The van der Waals surface area contributed by atoms with Gasteiger partial charge in [0.25, 0.3) is 0 Å². The fourth-order valence-corrected chi connectivity index (χ4v) is 3.46. The Kier molecular flexibility index (Phi) is 6.19. The van der Waals surface area contributed by atoms with E-state index in [9.17, 15) is 0 Å². The van der Waals surface area contributed by atoms with Gasteiger partial charge in [-0.3, -0.25) is 0 Å². The highest BCUT2D eigenvalue weighted by Gasteiger charge is 2.21. The summed E-state index contributed by atoms with van der Waals surface area (Å²) in [5.41, 5.74) is 0. The second-order valence-electron chi connectivity index (χ2n) is 4.21. The van der Waals surface area contributed by atoms with Crippen molar-refractivity contribution in [2.45, 2.75) is 57.1 Å². The quantitative estimate of drug-likeness (QED) is 0.486. The van der Waals surface area contributed by atoms with E-state index < -0.39 is 0 Å². The summed E-state index contributed by atoms with van der Waals surface area (Å²) in [7, 11) is 0. The zero-order chi connectivity index (χ0) is 10.2.